The zero-order chi connectivity index (χ0) is 14.5. The van der Waals surface area contributed by atoms with Crippen LogP contribution in [0.25, 0.3) is 11.3 Å². The molecular formula is C14H15N3O3. The molecule has 0 atom stereocenters. The number of ether oxygens (including phenoxy) is 2. The first kappa shape index (κ1) is 13.8. The number of anilines is 1. The Balaban J connectivity index is 2.51. The Labute approximate surface area is 116 Å². The molecule has 0 spiro atoms. The zero-order valence-corrected chi connectivity index (χ0v) is 11.3. The van der Waals surface area contributed by atoms with Crippen LogP contribution in [-0.2, 0) is 4.74 Å². The van der Waals surface area contributed by atoms with Crippen LogP contribution in [0.1, 0.15) is 17.4 Å². The predicted octanol–water partition coefficient (Wildman–Crippen LogP) is 1.91. The van der Waals surface area contributed by atoms with E-state index in [1.54, 1.807) is 0 Å². The molecule has 0 aliphatic rings. The van der Waals surface area contributed by atoms with Gasteiger partial charge in [-0.25, -0.2) is 14.8 Å². The van der Waals surface area contributed by atoms with Crippen molar-refractivity contribution >= 4 is 11.8 Å². The highest BCUT2D eigenvalue weighted by Crippen LogP contribution is 2.28. The van der Waals surface area contributed by atoms with E-state index < -0.39 is 5.97 Å². The first-order valence-corrected chi connectivity index (χ1v) is 6.10. The fourth-order valence-electron chi connectivity index (χ4n) is 1.73. The lowest BCUT2D eigenvalue weighted by Crippen LogP contribution is -2.10. The molecule has 0 fully saturated rings. The van der Waals surface area contributed by atoms with Gasteiger partial charge < -0.3 is 15.2 Å². The SMILES string of the molecule is CCOc1ccccc1-c1cnc(N)c(C(=O)OC)n1. The molecule has 6 heteroatoms. The van der Waals surface area contributed by atoms with Gasteiger partial charge in [-0.3, -0.25) is 0 Å². The molecule has 0 saturated heterocycles. The second-order valence-corrected chi connectivity index (χ2v) is 3.91. The Morgan fingerprint density at radius 2 is 2.10 bits per heavy atom. The van der Waals surface area contributed by atoms with E-state index in [1.807, 2.05) is 31.2 Å². The molecule has 2 rings (SSSR count). The van der Waals surface area contributed by atoms with Crippen LogP contribution in [0.5, 0.6) is 5.75 Å². The monoisotopic (exact) mass is 273 g/mol. The third kappa shape index (κ3) is 2.69. The maximum Gasteiger partial charge on any atom is 0.360 e. The average molecular weight is 273 g/mol. The fourth-order valence-corrected chi connectivity index (χ4v) is 1.73. The molecule has 2 N–H and O–H groups in total. The number of nitrogens with two attached hydrogens (primary N) is 1. The molecule has 6 nitrogen and oxygen atoms in total. The van der Waals surface area contributed by atoms with Gasteiger partial charge in [0.1, 0.15) is 5.75 Å². The van der Waals surface area contributed by atoms with Gasteiger partial charge in [-0.2, -0.15) is 0 Å². The van der Waals surface area contributed by atoms with E-state index in [0.717, 1.165) is 5.56 Å². The Bertz CT molecular complexity index is 629. The summed E-state index contributed by atoms with van der Waals surface area (Å²) in [6.07, 6.45) is 1.50. The normalized spacial score (nSPS) is 10.1. The summed E-state index contributed by atoms with van der Waals surface area (Å²) >= 11 is 0. The Morgan fingerprint density at radius 1 is 1.35 bits per heavy atom. The van der Waals surface area contributed by atoms with Crippen molar-refractivity contribution in [3.63, 3.8) is 0 Å². The number of hydrogen-bond acceptors (Lipinski definition) is 6. The smallest absolute Gasteiger partial charge is 0.360 e. The highest BCUT2D eigenvalue weighted by molar-refractivity contribution is 5.92. The molecule has 0 aliphatic carbocycles. The van der Waals surface area contributed by atoms with Gasteiger partial charge >= 0.3 is 5.97 Å². The predicted molar refractivity (Wildman–Crippen MR) is 74.4 cm³/mol. The molecule has 2 aromatic rings. The number of nitrogens with zero attached hydrogens (tertiary/aromatic N) is 2. The summed E-state index contributed by atoms with van der Waals surface area (Å²) in [6.45, 7) is 2.43. The molecule has 0 unspecified atom stereocenters. The van der Waals surface area contributed by atoms with Crippen molar-refractivity contribution in [3.05, 3.63) is 36.2 Å². The van der Waals surface area contributed by atoms with E-state index >= 15 is 0 Å². The molecule has 104 valence electrons. The molecule has 0 radical (unpaired) electrons. The van der Waals surface area contributed by atoms with Crippen LogP contribution < -0.4 is 10.5 Å². The maximum absolute atomic E-state index is 11.6. The van der Waals surface area contributed by atoms with Crippen molar-refractivity contribution in [1.82, 2.24) is 9.97 Å². The van der Waals surface area contributed by atoms with Gasteiger partial charge in [-0.1, -0.05) is 12.1 Å². The molecule has 0 bridgehead atoms. The summed E-state index contributed by atoms with van der Waals surface area (Å²) in [6, 6.07) is 7.38. The Morgan fingerprint density at radius 3 is 2.80 bits per heavy atom. The first-order valence-electron chi connectivity index (χ1n) is 6.10. The zero-order valence-electron chi connectivity index (χ0n) is 11.3. The van der Waals surface area contributed by atoms with E-state index in [-0.39, 0.29) is 11.5 Å². The lowest BCUT2D eigenvalue weighted by Gasteiger charge is -2.10. The minimum absolute atomic E-state index is 0.00342. The van der Waals surface area contributed by atoms with Gasteiger partial charge in [0.2, 0.25) is 0 Å². The molecular weight excluding hydrogens is 258 g/mol. The third-order valence-corrected chi connectivity index (χ3v) is 2.64. The van der Waals surface area contributed by atoms with E-state index in [9.17, 15) is 4.79 Å². The van der Waals surface area contributed by atoms with Crippen molar-refractivity contribution < 1.29 is 14.3 Å². The summed E-state index contributed by atoms with van der Waals surface area (Å²) in [5.41, 5.74) is 6.88. The lowest BCUT2D eigenvalue weighted by molar-refractivity contribution is 0.0595. The van der Waals surface area contributed by atoms with Crippen molar-refractivity contribution in [3.8, 4) is 17.0 Å². The van der Waals surface area contributed by atoms with Gasteiger partial charge in [0, 0.05) is 5.56 Å². The summed E-state index contributed by atoms with van der Waals surface area (Å²) in [5.74, 6) is 0.0881. The molecule has 0 saturated carbocycles. The largest absolute Gasteiger partial charge is 0.493 e. The van der Waals surface area contributed by atoms with E-state index in [1.165, 1.54) is 13.3 Å². The van der Waals surface area contributed by atoms with Crippen molar-refractivity contribution in [1.29, 1.82) is 0 Å². The molecule has 0 aliphatic heterocycles. The van der Waals surface area contributed by atoms with Gasteiger partial charge in [0.05, 0.1) is 25.6 Å². The summed E-state index contributed by atoms with van der Waals surface area (Å²) in [4.78, 5) is 19.8. The third-order valence-electron chi connectivity index (χ3n) is 2.64. The van der Waals surface area contributed by atoms with Crippen LogP contribution in [0.4, 0.5) is 5.82 Å². The number of benzene rings is 1. The summed E-state index contributed by atoms with van der Waals surface area (Å²) < 4.78 is 10.2. The van der Waals surface area contributed by atoms with Crippen LogP contribution in [-0.4, -0.2) is 29.7 Å². The second kappa shape index (κ2) is 6.01. The summed E-state index contributed by atoms with van der Waals surface area (Å²) in [7, 11) is 1.27. The number of esters is 1. The summed E-state index contributed by atoms with van der Waals surface area (Å²) in [5, 5.41) is 0. The average Bonchev–Trinajstić information content (AvgIpc) is 2.48. The molecule has 20 heavy (non-hydrogen) atoms. The molecule has 0 amide bonds. The number of aromatic nitrogens is 2. The van der Waals surface area contributed by atoms with Gasteiger partial charge in [0.15, 0.2) is 11.5 Å². The van der Waals surface area contributed by atoms with Gasteiger partial charge in [-0.05, 0) is 19.1 Å². The van der Waals surface area contributed by atoms with E-state index in [2.05, 4.69) is 14.7 Å². The van der Waals surface area contributed by atoms with Crippen molar-refractivity contribution in [2.24, 2.45) is 0 Å². The highest BCUT2D eigenvalue weighted by Gasteiger charge is 2.16. The fraction of sp³-hybridized carbons (Fsp3) is 0.214. The first-order chi connectivity index (χ1) is 9.67. The molecule has 1 heterocycles. The number of nitrogen functional groups attached to an aromatic ring is 1. The van der Waals surface area contributed by atoms with E-state index in [0.29, 0.717) is 18.1 Å². The van der Waals surface area contributed by atoms with Crippen LogP contribution >= 0.6 is 0 Å². The maximum atomic E-state index is 11.6. The van der Waals surface area contributed by atoms with Crippen molar-refractivity contribution in [2.75, 3.05) is 19.5 Å². The topological polar surface area (TPSA) is 87.3 Å². The Hall–Kier alpha value is -2.63. The number of hydrogen-bond donors (Lipinski definition) is 1. The minimum atomic E-state index is -0.620. The van der Waals surface area contributed by atoms with Gasteiger partial charge in [-0.15, -0.1) is 0 Å². The van der Waals surface area contributed by atoms with Crippen LogP contribution in [0.2, 0.25) is 0 Å². The van der Waals surface area contributed by atoms with E-state index in [4.69, 9.17) is 10.5 Å². The standard InChI is InChI=1S/C14H15N3O3/c1-3-20-11-7-5-4-6-9(11)10-8-16-13(15)12(17-10)14(18)19-2/h4-8H,3H2,1-2H3,(H2,15,16). The number of carbonyl (C=O) groups excluding carboxylic acids is 1. The van der Waals surface area contributed by atoms with Crippen LogP contribution in [0.3, 0.4) is 0 Å². The number of rotatable bonds is 4. The van der Waals surface area contributed by atoms with Gasteiger partial charge in [0.25, 0.3) is 0 Å². The second-order valence-electron chi connectivity index (χ2n) is 3.91. The highest BCUT2D eigenvalue weighted by atomic mass is 16.5. The molecule has 1 aromatic heterocycles. The number of carbonyl (C=O) groups is 1. The molecule has 1 aromatic carbocycles. The van der Waals surface area contributed by atoms with Crippen LogP contribution in [0.15, 0.2) is 30.5 Å². The quantitative estimate of drug-likeness (QED) is 0.856. The van der Waals surface area contributed by atoms with Crippen molar-refractivity contribution in [2.45, 2.75) is 6.92 Å². The van der Waals surface area contributed by atoms with Crippen LogP contribution in [0, 0.1) is 0 Å². The minimum Gasteiger partial charge on any atom is -0.493 e. The lowest BCUT2D eigenvalue weighted by atomic mass is 10.1. The number of para-hydroxylation sites is 1. The Kier molecular flexibility index (Phi) is 4.14. The number of methoxy groups -OCH3 is 1.